The Morgan fingerprint density at radius 2 is 1.35 bits per heavy atom. The Labute approximate surface area is 200 Å². The van der Waals surface area contributed by atoms with E-state index in [4.69, 9.17) is 0 Å². The molecule has 0 N–H and O–H groups in total. The van der Waals surface area contributed by atoms with Gasteiger partial charge in [0, 0.05) is 23.5 Å². The summed E-state index contributed by atoms with van der Waals surface area (Å²) in [6.07, 6.45) is 16.7. The molecule has 1 fully saturated rings. The minimum Gasteiger partial charge on any atom is -0.236 e. The molecule has 0 spiro atoms. The van der Waals surface area contributed by atoms with Crippen molar-refractivity contribution < 1.29 is 13.2 Å². The van der Waals surface area contributed by atoms with Crippen molar-refractivity contribution in [2.24, 2.45) is 5.92 Å². The van der Waals surface area contributed by atoms with Crippen molar-refractivity contribution in [1.29, 1.82) is 0 Å². The molecule has 34 heavy (non-hydrogen) atoms. The second kappa shape index (κ2) is 11.6. The maximum atomic E-state index is 13.5. The second-order valence-electron chi connectivity index (χ2n) is 9.59. The first-order valence-electron chi connectivity index (χ1n) is 12.6. The number of hydrogen-bond donors (Lipinski definition) is 0. The van der Waals surface area contributed by atoms with E-state index in [9.17, 15) is 13.2 Å². The first-order chi connectivity index (χ1) is 16.5. The van der Waals surface area contributed by atoms with E-state index in [0.29, 0.717) is 5.92 Å². The fourth-order valence-corrected chi connectivity index (χ4v) is 5.08. The lowest BCUT2D eigenvalue weighted by atomic mass is 9.77. The van der Waals surface area contributed by atoms with Crippen LogP contribution in [0.5, 0.6) is 0 Å². The van der Waals surface area contributed by atoms with Gasteiger partial charge >= 0.3 is 0 Å². The third-order valence-corrected chi connectivity index (χ3v) is 7.17. The summed E-state index contributed by atoms with van der Waals surface area (Å²) in [6.45, 7) is 2.26. The van der Waals surface area contributed by atoms with Crippen LogP contribution in [-0.4, -0.2) is 9.97 Å². The maximum absolute atomic E-state index is 13.5. The van der Waals surface area contributed by atoms with Crippen molar-refractivity contribution in [1.82, 2.24) is 9.97 Å². The predicted octanol–water partition coefficient (Wildman–Crippen LogP) is 8.86. The summed E-state index contributed by atoms with van der Waals surface area (Å²) in [5.41, 5.74) is 3.31. The molecular weight excluding hydrogens is 433 g/mol. The number of hydrogen-bond acceptors (Lipinski definition) is 2. The molecule has 0 atom stereocenters. The monoisotopic (exact) mass is 466 g/mol. The van der Waals surface area contributed by atoms with E-state index < -0.39 is 17.5 Å². The van der Waals surface area contributed by atoms with E-state index in [1.165, 1.54) is 69.8 Å². The van der Waals surface area contributed by atoms with Crippen molar-refractivity contribution in [2.75, 3.05) is 0 Å². The molecule has 0 bridgehead atoms. The van der Waals surface area contributed by atoms with E-state index >= 15 is 0 Å². The lowest BCUT2D eigenvalue weighted by Crippen LogP contribution is -2.13. The largest absolute Gasteiger partial charge is 0.236 e. The Hall–Kier alpha value is -2.69. The molecule has 1 saturated carbocycles. The zero-order chi connectivity index (χ0) is 23.9. The molecule has 0 amide bonds. The molecule has 0 saturated heterocycles. The van der Waals surface area contributed by atoms with E-state index in [-0.39, 0.29) is 11.4 Å². The molecule has 0 unspecified atom stereocenters. The summed E-state index contributed by atoms with van der Waals surface area (Å²) in [4.78, 5) is 8.46. The topological polar surface area (TPSA) is 25.8 Å². The van der Waals surface area contributed by atoms with E-state index in [1.807, 2.05) is 0 Å². The molecule has 2 nitrogen and oxygen atoms in total. The van der Waals surface area contributed by atoms with Crippen LogP contribution in [0.1, 0.15) is 82.6 Å². The van der Waals surface area contributed by atoms with E-state index in [1.54, 1.807) is 12.4 Å². The molecule has 0 aliphatic heterocycles. The van der Waals surface area contributed by atoms with Crippen LogP contribution in [0.4, 0.5) is 13.2 Å². The standard InChI is InChI=1S/C29H33F3N2/c1-2-3-4-5-6-7-20-8-10-21(11-9-20)22-12-14-23(15-13-22)25-18-33-29(34-19-25)24-16-26(30)28(32)27(31)17-24/h12-21H,2-11H2,1H3. The Kier molecular flexibility index (Phi) is 8.36. The highest BCUT2D eigenvalue weighted by Crippen LogP contribution is 2.38. The van der Waals surface area contributed by atoms with Crippen LogP contribution in [0.25, 0.3) is 22.5 Å². The Bertz CT molecular complexity index is 1030. The van der Waals surface area contributed by atoms with Crippen LogP contribution in [-0.2, 0) is 0 Å². The van der Waals surface area contributed by atoms with Gasteiger partial charge in [0.1, 0.15) is 0 Å². The Balaban J connectivity index is 1.32. The molecule has 4 rings (SSSR count). The average molecular weight is 467 g/mol. The average Bonchev–Trinajstić information content (AvgIpc) is 2.87. The van der Waals surface area contributed by atoms with Crippen LogP contribution in [0.15, 0.2) is 48.8 Å². The highest BCUT2D eigenvalue weighted by molar-refractivity contribution is 5.64. The van der Waals surface area contributed by atoms with Gasteiger partial charge in [0.15, 0.2) is 23.3 Å². The number of unbranched alkanes of at least 4 members (excludes halogenated alkanes) is 4. The quantitative estimate of drug-likeness (QED) is 0.232. The normalized spacial score (nSPS) is 18.2. The zero-order valence-electron chi connectivity index (χ0n) is 19.9. The van der Waals surface area contributed by atoms with Gasteiger partial charge in [-0.25, -0.2) is 23.1 Å². The SMILES string of the molecule is CCCCCCCC1CCC(c2ccc(-c3cnc(-c4cc(F)c(F)c(F)c4)nc3)cc2)CC1. The molecule has 1 aromatic heterocycles. The lowest BCUT2D eigenvalue weighted by molar-refractivity contribution is 0.302. The fraction of sp³-hybridized carbons (Fsp3) is 0.448. The number of aromatic nitrogens is 2. The molecule has 1 aliphatic carbocycles. The second-order valence-corrected chi connectivity index (χ2v) is 9.59. The molecular formula is C29H33F3N2. The smallest absolute Gasteiger partial charge is 0.194 e. The summed E-state index contributed by atoms with van der Waals surface area (Å²) in [5, 5.41) is 0. The molecule has 1 heterocycles. The van der Waals surface area contributed by atoms with Crippen molar-refractivity contribution in [3.8, 4) is 22.5 Å². The number of halogens is 3. The van der Waals surface area contributed by atoms with Crippen LogP contribution in [0.2, 0.25) is 0 Å². The van der Waals surface area contributed by atoms with Crippen molar-refractivity contribution in [3.63, 3.8) is 0 Å². The number of nitrogens with zero attached hydrogens (tertiary/aromatic N) is 2. The van der Waals surface area contributed by atoms with Crippen molar-refractivity contribution >= 4 is 0 Å². The van der Waals surface area contributed by atoms with Gasteiger partial charge in [0.05, 0.1) is 0 Å². The first-order valence-corrected chi connectivity index (χ1v) is 12.6. The molecule has 0 radical (unpaired) electrons. The molecule has 5 heteroatoms. The van der Waals surface area contributed by atoms with Gasteiger partial charge in [-0.1, -0.05) is 69.7 Å². The van der Waals surface area contributed by atoms with Gasteiger partial charge in [-0.3, -0.25) is 0 Å². The minimum absolute atomic E-state index is 0.106. The summed E-state index contributed by atoms with van der Waals surface area (Å²) in [6, 6.07) is 10.4. The summed E-state index contributed by atoms with van der Waals surface area (Å²) >= 11 is 0. The minimum atomic E-state index is -1.49. The third-order valence-electron chi connectivity index (χ3n) is 7.17. The van der Waals surface area contributed by atoms with Gasteiger partial charge in [-0.2, -0.15) is 0 Å². The summed E-state index contributed by atoms with van der Waals surface area (Å²) in [5.74, 6) is -2.31. The van der Waals surface area contributed by atoms with E-state index in [0.717, 1.165) is 29.2 Å². The van der Waals surface area contributed by atoms with Gasteiger partial charge in [-0.05, 0) is 60.8 Å². The summed E-state index contributed by atoms with van der Waals surface area (Å²) in [7, 11) is 0. The van der Waals surface area contributed by atoms with Gasteiger partial charge in [0.2, 0.25) is 0 Å². The predicted molar refractivity (Wildman–Crippen MR) is 131 cm³/mol. The van der Waals surface area contributed by atoms with Crippen molar-refractivity contribution in [2.45, 2.75) is 77.0 Å². The van der Waals surface area contributed by atoms with Crippen LogP contribution < -0.4 is 0 Å². The van der Waals surface area contributed by atoms with E-state index in [2.05, 4.69) is 41.2 Å². The summed E-state index contributed by atoms with van der Waals surface area (Å²) < 4.78 is 40.2. The van der Waals surface area contributed by atoms with Crippen LogP contribution in [0.3, 0.4) is 0 Å². The molecule has 2 aromatic carbocycles. The Morgan fingerprint density at radius 3 is 1.97 bits per heavy atom. The van der Waals surface area contributed by atoms with Crippen LogP contribution >= 0.6 is 0 Å². The highest BCUT2D eigenvalue weighted by atomic mass is 19.2. The number of benzene rings is 2. The van der Waals surface area contributed by atoms with Crippen LogP contribution in [0, 0.1) is 23.4 Å². The lowest BCUT2D eigenvalue weighted by Gasteiger charge is -2.29. The van der Waals surface area contributed by atoms with Gasteiger partial charge in [-0.15, -0.1) is 0 Å². The molecule has 3 aromatic rings. The third kappa shape index (κ3) is 6.05. The molecule has 180 valence electrons. The van der Waals surface area contributed by atoms with Gasteiger partial charge < -0.3 is 0 Å². The number of rotatable bonds is 9. The highest BCUT2D eigenvalue weighted by Gasteiger charge is 2.22. The Morgan fingerprint density at radius 1 is 0.735 bits per heavy atom. The van der Waals surface area contributed by atoms with Crippen molar-refractivity contribution in [3.05, 3.63) is 71.8 Å². The molecule has 1 aliphatic rings. The van der Waals surface area contributed by atoms with Gasteiger partial charge in [0.25, 0.3) is 0 Å². The fourth-order valence-electron chi connectivity index (χ4n) is 5.08. The first kappa shape index (κ1) is 24.4. The zero-order valence-corrected chi connectivity index (χ0v) is 19.9. The maximum Gasteiger partial charge on any atom is 0.194 e.